The van der Waals surface area contributed by atoms with Gasteiger partial charge in [0.1, 0.15) is 5.75 Å². The van der Waals surface area contributed by atoms with E-state index < -0.39 is 12.4 Å². The van der Waals surface area contributed by atoms with Gasteiger partial charge in [0.05, 0.1) is 12.1 Å². The van der Waals surface area contributed by atoms with E-state index in [1.807, 2.05) is 6.92 Å². The van der Waals surface area contributed by atoms with Crippen LogP contribution in [-0.2, 0) is 4.74 Å². The van der Waals surface area contributed by atoms with Gasteiger partial charge >= 0.3 is 6.36 Å². The molecule has 1 saturated carbocycles. The van der Waals surface area contributed by atoms with Crippen molar-refractivity contribution in [2.45, 2.75) is 38.3 Å². The maximum atomic E-state index is 12.5. The predicted octanol–water partition coefficient (Wildman–Crippen LogP) is 2.90. The van der Waals surface area contributed by atoms with Gasteiger partial charge in [-0.3, -0.25) is 11.3 Å². The summed E-state index contributed by atoms with van der Waals surface area (Å²) in [5.41, 5.74) is 2.93. The van der Waals surface area contributed by atoms with E-state index in [0.717, 1.165) is 12.8 Å². The Balaban J connectivity index is 2.28. The number of hydrogen-bond acceptors (Lipinski definition) is 4. The zero-order valence-corrected chi connectivity index (χ0v) is 11.7. The van der Waals surface area contributed by atoms with Gasteiger partial charge in [-0.1, -0.05) is 18.2 Å². The Kier molecular flexibility index (Phi) is 5.08. The number of benzene rings is 1. The first-order chi connectivity index (χ1) is 9.96. The van der Waals surface area contributed by atoms with E-state index in [0.29, 0.717) is 18.1 Å². The summed E-state index contributed by atoms with van der Waals surface area (Å²) in [4.78, 5) is 0. The van der Waals surface area contributed by atoms with E-state index in [1.165, 1.54) is 12.1 Å². The number of alkyl halides is 3. The highest BCUT2D eigenvalue weighted by atomic mass is 19.4. The largest absolute Gasteiger partial charge is 0.573 e. The summed E-state index contributed by atoms with van der Waals surface area (Å²) in [5, 5.41) is 0. The van der Waals surface area contributed by atoms with Crippen molar-refractivity contribution in [1.82, 2.24) is 5.43 Å². The quantitative estimate of drug-likeness (QED) is 0.601. The minimum Gasteiger partial charge on any atom is -0.405 e. The van der Waals surface area contributed by atoms with Crippen LogP contribution in [0, 0.1) is 5.92 Å². The molecule has 0 aliphatic heterocycles. The summed E-state index contributed by atoms with van der Waals surface area (Å²) in [6, 6.07) is 5.45. The molecule has 7 heteroatoms. The molecule has 2 rings (SSSR count). The lowest BCUT2D eigenvalue weighted by atomic mass is 9.97. The van der Waals surface area contributed by atoms with Crippen LogP contribution in [0.2, 0.25) is 0 Å². The van der Waals surface area contributed by atoms with E-state index in [-0.39, 0.29) is 11.9 Å². The molecule has 118 valence electrons. The molecule has 2 unspecified atom stereocenters. The topological polar surface area (TPSA) is 56.5 Å². The van der Waals surface area contributed by atoms with Crippen LogP contribution in [0.25, 0.3) is 0 Å². The highest BCUT2D eigenvalue weighted by molar-refractivity contribution is 5.37. The molecule has 0 aromatic heterocycles. The van der Waals surface area contributed by atoms with Crippen molar-refractivity contribution in [2.24, 2.45) is 11.8 Å². The van der Waals surface area contributed by atoms with Crippen molar-refractivity contribution >= 4 is 0 Å². The number of hydrogen-bond donors (Lipinski definition) is 2. The SMILES string of the molecule is CCOC(C1CC1)C(NN)c1ccccc1OC(F)(F)F. The Morgan fingerprint density at radius 1 is 1.33 bits per heavy atom. The van der Waals surface area contributed by atoms with Crippen LogP contribution in [0.15, 0.2) is 24.3 Å². The summed E-state index contributed by atoms with van der Waals surface area (Å²) in [7, 11) is 0. The molecule has 1 aromatic carbocycles. The number of nitrogens with one attached hydrogen (secondary N) is 1. The second kappa shape index (κ2) is 6.64. The van der Waals surface area contributed by atoms with E-state index in [1.54, 1.807) is 12.1 Å². The minimum absolute atomic E-state index is 0.252. The van der Waals surface area contributed by atoms with Crippen LogP contribution >= 0.6 is 0 Å². The van der Waals surface area contributed by atoms with Crippen LogP contribution in [0.1, 0.15) is 31.4 Å². The molecule has 0 spiro atoms. The number of rotatable bonds is 7. The van der Waals surface area contributed by atoms with Gasteiger partial charge in [-0.25, -0.2) is 0 Å². The molecular weight excluding hydrogens is 285 g/mol. The lowest BCUT2D eigenvalue weighted by Crippen LogP contribution is -2.39. The van der Waals surface area contributed by atoms with E-state index in [9.17, 15) is 13.2 Å². The fraction of sp³-hybridized carbons (Fsp3) is 0.571. The molecule has 0 saturated heterocycles. The Morgan fingerprint density at radius 3 is 2.52 bits per heavy atom. The molecule has 2 atom stereocenters. The summed E-state index contributed by atoms with van der Waals surface area (Å²) >= 11 is 0. The Bertz CT molecular complexity index is 464. The lowest BCUT2D eigenvalue weighted by molar-refractivity contribution is -0.275. The van der Waals surface area contributed by atoms with Gasteiger partial charge in [-0.15, -0.1) is 13.2 Å². The first-order valence-electron chi connectivity index (χ1n) is 6.88. The molecular formula is C14H19F3N2O2. The first kappa shape index (κ1) is 16.1. The fourth-order valence-corrected chi connectivity index (χ4v) is 2.44. The van der Waals surface area contributed by atoms with Gasteiger partial charge in [-0.05, 0) is 31.7 Å². The van der Waals surface area contributed by atoms with E-state index >= 15 is 0 Å². The number of halogens is 3. The average molecular weight is 304 g/mol. The molecule has 0 radical (unpaired) electrons. The Labute approximate surface area is 121 Å². The van der Waals surface area contributed by atoms with Crippen LogP contribution in [0.3, 0.4) is 0 Å². The molecule has 1 aliphatic carbocycles. The van der Waals surface area contributed by atoms with E-state index in [4.69, 9.17) is 10.6 Å². The molecule has 1 aliphatic rings. The highest BCUT2D eigenvalue weighted by Gasteiger charge is 2.40. The van der Waals surface area contributed by atoms with Crippen molar-refractivity contribution in [1.29, 1.82) is 0 Å². The minimum atomic E-state index is -4.74. The van der Waals surface area contributed by atoms with Crippen molar-refractivity contribution in [3.05, 3.63) is 29.8 Å². The summed E-state index contributed by atoms with van der Waals surface area (Å²) in [5.74, 6) is 5.63. The maximum absolute atomic E-state index is 12.5. The molecule has 21 heavy (non-hydrogen) atoms. The highest BCUT2D eigenvalue weighted by Crippen LogP contribution is 2.42. The monoisotopic (exact) mass is 304 g/mol. The number of hydrazine groups is 1. The van der Waals surface area contributed by atoms with Crippen LogP contribution in [-0.4, -0.2) is 19.1 Å². The maximum Gasteiger partial charge on any atom is 0.573 e. The molecule has 0 amide bonds. The van der Waals surface area contributed by atoms with E-state index in [2.05, 4.69) is 10.2 Å². The fourth-order valence-electron chi connectivity index (χ4n) is 2.44. The summed E-state index contributed by atoms with van der Waals surface area (Å²) in [6.07, 6.45) is -3.02. The van der Waals surface area contributed by atoms with Crippen LogP contribution in [0.5, 0.6) is 5.75 Å². The second-order valence-corrected chi connectivity index (χ2v) is 4.99. The molecule has 1 aromatic rings. The molecule has 0 heterocycles. The molecule has 1 fully saturated rings. The lowest BCUT2D eigenvalue weighted by Gasteiger charge is -2.28. The van der Waals surface area contributed by atoms with Gasteiger partial charge in [0, 0.05) is 12.2 Å². The van der Waals surface area contributed by atoms with Gasteiger partial charge in [-0.2, -0.15) is 0 Å². The Hall–Kier alpha value is -1.31. The average Bonchev–Trinajstić information content (AvgIpc) is 3.23. The smallest absolute Gasteiger partial charge is 0.405 e. The van der Waals surface area contributed by atoms with Crippen LogP contribution < -0.4 is 16.0 Å². The molecule has 3 N–H and O–H groups in total. The zero-order valence-electron chi connectivity index (χ0n) is 11.7. The van der Waals surface area contributed by atoms with Crippen molar-refractivity contribution in [3.8, 4) is 5.75 Å². The van der Waals surface area contributed by atoms with Crippen molar-refractivity contribution < 1.29 is 22.6 Å². The van der Waals surface area contributed by atoms with Crippen molar-refractivity contribution in [2.75, 3.05) is 6.61 Å². The molecule has 4 nitrogen and oxygen atoms in total. The summed E-state index contributed by atoms with van der Waals surface area (Å²) < 4.78 is 47.3. The number of ether oxygens (including phenoxy) is 2. The van der Waals surface area contributed by atoms with Crippen LogP contribution in [0.4, 0.5) is 13.2 Å². The van der Waals surface area contributed by atoms with Gasteiger partial charge < -0.3 is 9.47 Å². The third-order valence-electron chi connectivity index (χ3n) is 3.43. The van der Waals surface area contributed by atoms with Gasteiger partial charge in [0.2, 0.25) is 0 Å². The standard InChI is InChI=1S/C14H19F3N2O2/c1-2-20-13(9-7-8-9)12(19-18)10-5-3-4-6-11(10)21-14(15,16)17/h3-6,9,12-13,19H,2,7-8,18H2,1H3. The van der Waals surface area contributed by atoms with Gasteiger partial charge in [0.15, 0.2) is 0 Å². The summed E-state index contributed by atoms with van der Waals surface area (Å²) in [6.45, 7) is 2.32. The second-order valence-electron chi connectivity index (χ2n) is 4.99. The third kappa shape index (κ3) is 4.33. The normalized spacial score (nSPS) is 18.3. The van der Waals surface area contributed by atoms with Gasteiger partial charge in [0.25, 0.3) is 0 Å². The number of nitrogens with two attached hydrogens (primary N) is 1. The zero-order chi connectivity index (χ0) is 15.5. The molecule has 0 bridgehead atoms. The number of para-hydroxylation sites is 1. The third-order valence-corrected chi connectivity index (χ3v) is 3.43. The first-order valence-corrected chi connectivity index (χ1v) is 6.88. The van der Waals surface area contributed by atoms with Crippen molar-refractivity contribution in [3.63, 3.8) is 0 Å². The Morgan fingerprint density at radius 2 is 2.00 bits per heavy atom. The predicted molar refractivity (Wildman–Crippen MR) is 71.3 cm³/mol.